The molecule has 144 valence electrons. The van der Waals surface area contributed by atoms with Crippen molar-refractivity contribution in [2.45, 2.75) is 64.3 Å². The molecule has 0 spiro atoms. The minimum absolute atomic E-state index is 0.0878. The maximum Gasteiger partial charge on any atom is 0.243 e. The average molecular weight is 366 g/mol. The minimum Gasteiger partial charge on any atom is -0.508 e. The number of benzene rings is 1. The van der Waals surface area contributed by atoms with Gasteiger partial charge in [-0.1, -0.05) is 32.1 Å². The SMILES string of the molecule is C[C@]12C=CC(=O)NC1CC[C@@H]1[C@H]2CC[C@]2(C)C(c3ccc(O)cc3)CC[C@@H]12. The van der Waals surface area contributed by atoms with Crippen molar-refractivity contribution in [1.29, 1.82) is 0 Å². The van der Waals surface area contributed by atoms with Crippen LogP contribution in [-0.4, -0.2) is 17.1 Å². The summed E-state index contributed by atoms with van der Waals surface area (Å²) in [6, 6.07) is 8.28. The maximum absolute atomic E-state index is 11.9. The molecule has 7 atom stereocenters. The van der Waals surface area contributed by atoms with Crippen molar-refractivity contribution in [2.75, 3.05) is 0 Å². The Balaban J connectivity index is 1.46. The Morgan fingerprint density at radius 1 is 1.00 bits per heavy atom. The number of hydrogen-bond acceptors (Lipinski definition) is 2. The second kappa shape index (κ2) is 5.86. The molecule has 1 aliphatic heterocycles. The lowest BCUT2D eigenvalue weighted by Crippen LogP contribution is -2.59. The first kappa shape index (κ1) is 17.3. The highest BCUT2D eigenvalue weighted by molar-refractivity contribution is 5.89. The van der Waals surface area contributed by atoms with E-state index in [2.05, 4.69) is 37.4 Å². The van der Waals surface area contributed by atoms with Gasteiger partial charge in [-0.2, -0.15) is 0 Å². The molecule has 3 heteroatoms. The predicted molar refractivity (Wildman–Crippen MR) is 106 cm³/mol. The largest absolute Gasteiger partial charge is 0.508 e. The predicted octanol–water partition coefficient (Wildman–Crippen LogP) is 4.77. The van der Waals surface area contributed by atoms with E-state index in [0.717, 1.165) is 18.3 Å². The number of aromatic hydroxyl groups is 1. The molecule has 1 amide bonds. The van der Waals surface area contributed by atoms with Gasteiger partial charge in [-0.25, -0.2) is 0 Å². The second-order valence-electron chi connectivity index (χ2n) is 9.98. The van der Waals surface area contributed by atoms with Crippen molar-refractivity contribution < 1.29 is 9.90 Å². The molecule has 0 saturated heterocycles. The van der Waals surface area contributed by atoms with Crippen LogP contribution in [0.5, 0.6) is 5.75 Å². The molecule has 3 fully saturated rings. The summed E-state index contributed by atoms with van der Waals surface area (Å²) in [6.45, 7) is 4.92. The summed E-state index contributed by atoms with van der Waals surface area (Å²) in [4.78, 5) is 11.9. The van der Waals surface area contributed by atoms with Crippen molar-refractivity contribution in [3.8, 4) is 5.75 Å². The van der Waals surface area contributed by atoms with Crippen LogP contribution in [0.15, 0.2) is 36.4 Å². The summed E-state index contributed by atoms with van der Waals surface area (Å²) in [5.41, 5.74) is 1.89. The first-order valence-corrected chi connectivity index (χ1v) is 10.7. The van der Waals surface area contributed by atoms with Gasteiger partial charge in [-0.15, -0.1) is 0 Å². The van der Waals surface area contributed by atoms with Gasteiger partial charge in [0.05, 0.1) is 0 Å². The molecule has 1 aromatic carbocycles. The lowest BCUT2D eigenvalue weighted by atomic mass is 9.47. The Bertz CT molecular complexity index is 784. The van der Waals surface area contributed by atoms with E-state index in [1.54, 1.807) is 6.08 Å². The van der Waals surface area contributed by atoms with Gasteiger partial charge >= 0.3 is 0 Å². The molecule has 5 rings (SSSR count). The molecule has 2 unspecified atom stereocenters. The number of amides is 1. The fraction of sp³-hybridized carbons (Fsp3) is 0.625. The van der Waals surface area contributed by atoms with Crippen LogP contribution in [0.4, 0.5) is 0 Å². The van der Waals surface area contributed by atoms with Crippen molar-refractivity contribution in [3.05, 3.63) is 42.0 Å². The zero-order valence-electron chi connectivity index (χ0n) is 16.4. The van der Waals surface area contributed by atoms with Gasteiger partial charge in [0.25, 0.3) is 0 Å². The number of phenolic OH excluding ortho intramolecular Hbond substituents is 1. The Morgan fingerprint density at radius 3 is 2.56 bits per heavy atom. The van der Waals surface area contributed by atoms with E-state index in [4.69, 9.17) is 0 Å². The van der Waals surface area contributed by atoms with Crippen LogP contribution in [-0.2, 0) is 4.79 Å². The highest BCUT2D eigenvalue weighted by Crippen LogP contribution is 2.67. The molecule has 3 saturated carbocycles. The minimum atomic E-state index is 0.0878. The van der Waals surface area contributed by atoms with Crippen LogP contribution >= 0.6 is 0 Å². The standard InChI is InChI=1S/C24H31NO2/c1-23-13-11-20-17(7-10-21-24(20,2)14-12-22(27)25-21)19(23)9-8-18(23)15-3-5-16(26)6-4-15/h3-6,12,14,17-21,26H,7-11,13H2,1-2H3,(H,25,27)/t17-,18?,19-,20+,21?,23+,24+/m0/s1. The van der Waals surface area contributed by atoms with Gasteiger partial charge in [0, 0.05) is 11.5 Å². The highest BCUT2D eigenvalue weighted by atomic mass is 16.3. The smallest absolute Gasteiger partial charge is 0.243 e. The lowest BCUT2D eigenvalue weighted by molar-refractivity contribution is -0.122. The van der Waals surface area contributed by atoms with Crippen LogP contribution in [0.3, 0.4) is 0 Å². The van der Waals surface area contributed by atoms with Gasteiger partial charge in [0.2, 0.25) is 5.91 Å². The van der Waals surface area contributed by atoms with Crippen LogP contribution in [0.2, 0.25) is 0 Å². The van der Waals surface area contributed by atoms with Crippen molar-refractivity contribution >= 4 is 5.91 Å². The summed E-state index contributed by atoms with van der Waals surface area (Å²) < 4.78 is 0. The average Bonchev–Trinajstić information content (AvgIpc) is 3.00. The zero-order chi connectivity index (χ0) is 18.8. The van der Waals surface area contributed by atoms with Gasteiger partial charge in [-0.3, -0.25) is 4.79 Å². The fourth-order valence-electron chi connectivity index (χ4n) is 7.59. The third-order valence-electron chi connectivity index (χ3n) is 8.98. The molecule has 4 aliphatic rings. The van der Waals surface area contributed by atoms with E-state index in [9.17, 15) is 9.90 Å². The Hall–Kier alpha value is -1.77. The van der Waals surface area contributed by atoms with E-state index < -0.39 is 0 Å². The summed E-state index contributed by atoms with van der Waals surface area (Å²) in [7, 11) is 0. The van der Waals surface area contributed by atoms with Crippen molar-refractivity contribution in [3.63, 3.8) is 0 Å². The molecule has 0 radical (unpaired) electrons. The Labute approximate surface area is 162 Å². The normalized spacial score (nSPS) is 45.6. The van der Waals surface area contributed by atoms with E-state index >= 15 is 0 Å². The molecule has 1 heterocycles. The summed E-state index contributed by atoms with van der Waals surface area (Å²) in [6.07, 6.45) is 11.5. The van der Waals surface area contributed by atoms with Crippen LogP contribution in [0, 0.1) is 28.6 Å². The lowest BCUT2D eigenvalue weighted by Gasteiger charge is -2.59. The van der Waals surface area contributed by atoms with Gasteiger partial charge in [0.15, 0.2) is 0 Å². The molecule has 0 bridgehead atoms. The van der Waals surface area contributed by atoms with Crippen LogP contribution < -0.4 is 5.32 Å². The van der Waals surface area contributed by atoms with Gasteiger partial charge in [0.1, 0.15) is 5.75 Å². The number of nitrogens with one attached hydrogen (secondary N) is 1. The maximum atomic E-state index is 11.9. The zero-order valence-corrected chi connectivity index (χ0v) is 16.4. The Morgan fingerprint density at radius 2 is 1.78 bits per heavy atom. The molecule has 27 heavy (non-hydrogen) atoms. The fourth-order valence-corrected chi connectivity index (χ4v) is 7.59. The van der Waals surface area contributed by atoms with E-state index in [-0.39, 0.29) is 11.3 Å². The molecule has 3 aliphatic carbocycles. The third kappa shape index (κ3) is 2.43. The van der Waals surface area contributed by atoms with E-state index in [1.165, 1.54) is 37.7 Å². The number of phenols is 1. The summed E-state index contributed by atoms with van der Waals surface area (Å²) >= 11 is 0. The number of hydrogen-bond donors (Lipinski definition) is 2. The van der Waals surface area contributed by atoms with Crippen molar-refractivity contribution in [1.82, 2.24) is 5.32 Å². The van der Waals surface area contributed by atoms with Crippen molar-refractivity contribution in [2.24, 2.45) is 28.6 Å². The topological polar surface area (TPSA) is 49.3 Å². The van der Waals surface area contributed by atoms with E-state index in [1.807, 2.05) is 12.1 Å². The molecular weight excluding hydrogens is 334 g/mol. The number of carbonyl (C=O) groups excluding carboxylic acids is 1. The first-order valence-electron chi connectivity index (χ1n) is 10.7. The molecular formula is C24H31NO2. The van der Waals surface area contributed by atoms with Gasteiger partial charge in [-0.05, 0) is 91.4 Å². The molecule has 0 aromatic heterocycles. The monoisotopic (exact) mass is 365 g/mol. The van der Waals surface area contributed by atoms with E-state index in [0.29, 0.717) is 29.0 Å². The van der Waals surface area contributed by atoms with Gasteiger partial charge < -0.3 is 10.4 Å². The number of fused-ring (bicyclic) bond motifs is 5. The quantitative estimate of drug-likeness (QED) is 0.753. The third-order valence-corrected chi connectivity index (χ3v) is 8.98. The summed E-state index contributed by atoms with van der Waals surface area (Å²) in [5.74, 6) is 3.29. The molecule has 2 N–H and O–H groups in total. The highest BCUT2D eigenvalue weighted by Gasteiger charge is 2.59. The first-order chi connectivity index (χ1) is 12.9. The Kier molecular flexibility index (Phi) is 3.76. The molecule has 3 nitrogen and oxygen atoms in total. The summed E-state index contributed by atoms with van der Waals surface area (Å²) in [5, 5.41) is 12.9. The van der Waals surface area contributed by atoms with Crippen LogP contribution in [0.1, 0.15) is 63.9 Å². The van der Waals surface area contributed by atoms with Crippen LogP contribution in [0.25, 0.3) is 0 Å². The molecule has 1 aromatic rings. The number of rotatable bonds is 1. The second-order valence-corrected chi connectivity index (χ2v) is 9.98. The number of carbonyl (C=O) groups is 1.